The highest BCUT2D eigenvalue weighted by Crippen LogP contribution is 2.40. The highest BCUT2D eigenvalue weighted by molar-refractivity contribution is 6.03. The Balaban J connectivity index is 1.23. The summed E-state index contributed by atoms with van der Waals surface area (Å²) in [6.45, 7) is 8.71. The van der Waals surface area contributed by atoms with Gasteiger partial charge >= 0.3 is 0 Å². The quantitative estimate of drug-likeness (QED) is 0.167. The summed E-state index contributed by atoms with van der Waals surface area (Å²) in [5.41, 5.74) is 18.7. The van der Waals surface area contributed by atoms with Crippen LogP contribution in [0.3, 0.4) is 0 Å². The van der Waals surface area contributed by atoms with Crippen molar-refractivity contribution in [1.82, 2.24) is 9.13 Å². The summed E-state index contributed by atoms with van der Waals surface area (Å²) >= 11 is 0. The van der Waals surface area contributed by atoms with E-state index in [-0.39, 0.29) is 0 Å². The van der Waals surface area contributed by atoms with Crippen LogP contribution in [0.5, 0.6) is 0 Å². The van der Waals surface area contributed by atoms with Crippen LogP contribution < -0.4 is 0 Å². The maximum atomic E-state index is 2.48. The molecule has 9 rings (SSSR count). The lowest BCUT2D eigenvalue weighted by atomic mass is 9.89. The molecule has 0 saturated heterocycles. The first-order valence-electron chi connectivity index (χ1n) is 18.4. The van der Waals surface area contributed by atoms with Gasteiger partial charge in [-0.15, -0.1) is 0 Å². The van der Waals surface area contributed by atoms with E-state index in [1.165, 1.54) is 89.0 Å². The molecule has 1 aliphatic rings. The summed E-state index contributed by atoms with van der Waals surface area (Å²) in [4.78, 5) is 0. The monoisotopic (exact) mass is 670 g/mol. The van der Waals surface area contributed by atoms with E-state index in [1.54, 1.807) is 0 Å². The topological polar surface area (TPSA) is 9.86 Å². The number of aromatic nitrogens is 2. The molecule has 0 N–H and O–H groups in total. The molecule has 0 spiro atoms. The van der Waals surface area contributed by atoms with Crippen molar-refractivity contribution in [2.45, 2.75) is 40.0 Å². The highest BCUT2D eigenvalue weighted by Gasteiger charge is 2.21. The molecule has 0 aliphatic heterocycles. The minimum absolute atomic E-state index is 0.379. The maximum Gasteiger partial charge on any atom is 0.0542 e. The second kappa shape index (κ2) is 12.9. The van der Waals surface area contributed by atoms with E-state index in [4.69, 9.17) is 0 Å². The van der Waals surface area contributed by atoms with Crippen LogP contribution in [0.15, 0.2) is 164 Å². The fourth-order valence-electron chi connectivity index (χ4n) is 8.04. The molecule has 0 radical (unpaired) electrons. The molecule has 2 heteroatoms. The van der Waals surface area contributed by atoms with Crippen molar-refractivity contribution in [1.29, 1.82) is 0 Å². The molecule has 0 fully saturated rings. The van der Waals surface area contributed by atoms with Crippen LogP contribution >= 0.6 is 0 Å². The molecule has 1 atom stereocenters. The van der Waals surface area contributed by atoms with Gasteiger partial charge < -0.3 is 9.13 Å². The van der Waals surface area contributed by atoms with Gasteiger partial charge in [0.25, 0.3) is 0 Å². The molecule has 52 heavy (non-hydrogen) atoms. The lowest BCUT2D eigenvalue weighted by Crippen LogP contribution is -2.05. The van der Waals surface area contributed by atoms with Gasteiger partial charge in [-0.1, -0.05) is 132 Å². The van der Waals surface area contributed by atoms with Crippen LogP contribution in [-0.4, -0.2) is 9.13 Å². The van der Waals surface area contributed by atoms with Crippen molar-refractivity contribution in [3.63, 3.8) is 0 Å². The molecule has 2 nitrogen and oxygen atoms in total. The normalized spacial score (nSPS) is 14.3. The zero-order valence-electron chi connectivity index (χ0n) is 30.3. The Morgan fingerprint density at radius 1 is 0.500 bits per heavy atom. The fraction of sp³-hybridized carbons (Fsp3) is 0.120. The van der Waals surface area contributed by atoms with E-state index in [9.17, 15) is 0 Å². The molecule has 1 aliphatic carbocycles. The largest absolute Gasteiger partial charge is 0.310 e. The van der Waals surface area contributed by atoms with Gasteiger partial charge in [-0.05, 0) is 116 Å². The van der Waals surface area contributed by atoms with Crippen LogP contribution in [0.4, 0.5) is 0 Å². The maximum absolute atomic E-state index is 2.48. The number of hydrogen-bond acceptors (Lipinski definition) is 0. The Hall–Kier alpha value is -6.12. The molecule has 252 valence electrons. The van der Waals surface area contributed by atoms with Crippen LogP contribution in [-0.2, 0) is 0 Å². The lowest BCUT2D eigenvalue weighted by Gasteiger charge is -2.21. The zero-order valence-corrected chi connectivity index (χ0v) is 30.3. The average molecular weight is 671 g/mol. The highest BCUT2D eigenvalue weighted by atomic mass is 15.0. The van der Waals surface area contributed by atoms with E-state index in [2.05, 4.69) is 201 Å². The van der Waals surface area contributed by atoms with Crippen LogP contribution in [0.2, 0.25) is 0 Å². The van der Waals surface area contributed by atoms with E-state index in [0.29, 0.717) is 5.92 Å². The van der Waals surface area contributed by atoms with Gasteiger partial charge in [-0.2, -0.15) is 0 Å². The van der Waals surface area contributed by atoms with Crippen molar-refractivity contribution in [3.8, 4) is 39.3 Å². The Morgan fingerprint density at radius 2 is 1.04 bits per heavy atom. The van der Waals surface area contributed by atoms with Crippen LogP contribution in [0.1, 0.15) is 40.2 Å². The lowest BCUT2D eigenvalue weighted by molar-refractivity contribution is 0.841. The molecule has 6 aromatic carbocycles. The smallest absolute Gasteiger partial charge is 0.0542 e. The van der Waals surface area contributed by atoms with E-state index in [0.717, 1.165) is 12.1 Å². The van der Waals surface area contributed by atoms with Crippen LogP contribution in [0.25, 0.3) is 66.8 Å². The van der Waals surface area contributed by atoms with Gasteiger partial charge in [0.1, 0.15) is 0 Å². The van der Waals surface area contributed by atoms with Crippen molar-refractivity contribution < 1.29 is 0 Å². The van der Waals surface area contributed by atoms with Crippen molar-refractivity contribution in [2.24, 2.45) is 0 Å². The number of rotatable bonds is 6. The first kappa shape index (κ1) is 31.8. The predicted octanol–water partition coefficient (Wildman–Crippen LogP) is 13.4. The molecule has 2 aromatic heterocycles. The summed E-state index contributed by atoms with van der Waals surface area (Å²) < 4.78 is 4.92. The fourth-order valence-corrected chi connectivity index (χ4v) is 8.04. The second-order valence-corrected chi connectivity index (χ2v) is 14.5. The summed E-state index contributed by atoms with van der Waals surface area (Å²) in [6.07, 6.45) is 8.13. The van der Waals surface area contributed by atoms with Crippen molar-refractivity contribution in [3.05, 3.63) is 192 Å². The molecular formula is C50H42N2. The van der Waals surface area contributed by atoms with Gasteiger partial charge in [-0.3, -0.25) is 0 Å². The molecule has 0 amide bonds. The SMILES string of the molecule is Cc1ccc(-c2cc3cc4c(cc(-c5ccc(C)cc5)n4-c4ccc(-c5ccccc5C)cc4)cc3n2C2=CCC(c3ccccc3C)C=C2)cc1. The minimum atomic E-state index is 0.379. The Labute approximate surface area is 306 Å². The number of allylic oxidation sites excluding steroid dienone is 4. The third-order valence-corrected chi connectivity index (χ3v) is 10.9. The summed E-state index contributed by atoms with van der Waals surface area (Å²) in [7, 11) is 0. The molecule has 1 unspecified atom stereocenters. The van der Waals surface area contributed by atoms with E-state index < -0.39 is 0 Å². The Kier molecular flexibility index (Phi) is 7.89. The van der Waals surface area contributed by atoms with Gasteiger partial charge in [0.15, 0.2) is 0 Å². The number of benzene rings is 6. The zero-order chi connectivity index (χ0) is 35.3. The van der Waals surface area contributed by atoms with Crippen LogP contribution in [0, 0.1) is 27.7 Å². The van der Waals surface area contributed by atoms with Gasteiger partial charge in [0.2, 0.25) is 0 Å². The predicted molar refractivity (Wildman–Crippen MR) is 221 cm³/mol. The molecular weight excluding hydrogens is 629 g/mol. The van der Waals surface area contributed by atoms with Gasteiger partial charge in [0, 0.05) is 28.1 Å². The number of fused-ring (bicyclic) bond motifs is 2. The molecule has 0 bridgehead atoms. The molecule has 8 aromatic rings. The first-order valence-corrected chi connectivity index (χ1v) is 18.4. The van der Waals surface area contributed by atoms with Crippen molar-refractivity contribution in [2.75, 3.05) is 0 Å². The first-order chi connectivity index (χ1) is 25.4. The van der Waals surface area contributed by atoms with Gasteiger partial charge in [0.05, 0.1) is 22.4 Å². The van der Waals surface area contributed by atoms with E-state index >= 15 is 0 Å². The second-order valence-electron chi connectivity index (χ2n) is 14.5. The average Bonchev–Trinajstić information content (AvgIpc) is 3.73. The number of hydrogen-bond donors (Lipinski definition) is 0. The summed E-state index contributed by atoms with van der Waals surface area (Å²) in [5.74, 6) is 0.379. The molecule has 2 heterocycles. The number of aryl methyl sites for hydroxylation is 4. The standard InChI is InChI=1S/C50H42N2/c1-33-13-17-39(18-14-33)47-29-41-31-50-42(32-49(41)51(47)43-25-21-37(22-26-43)45-11-7-5-9-35(45)3)30-48(40-19-15-34(2)16-20-40)52(50)44-27-23-38(24-28-44)46-12-8-6-10-36(46)4/h5-23,25-32,38H,24H2,1-4H3. The third kappa shape index (κ3) is 5.61. The Morgan fingerprint density at radius 3 is 1.62 bits per heavy atom. The van der Waals surface area contributed by atoms with Gasteiger partial charge in [-0.25, -0.2) is 0 Å². The minimum Gasteiger partial charge on any atom is -0.310 e. The number of nitrogens with zero attached hydrogens (tertiary/aromatic N) is 2. The molecule has 0 saturated carbocycles. The van der Waals surface area contributed by atoms with Crippen molar-refractivity contribution >= 4 is 27.5 Å². The Bertz CT molecular complexity index is 2660. The summed E-state index contributed by atoms with van der Waals surface area (Å²) in [6, 6.07) is 53.9. The van der Waals surface area contributed by atoms with E-state index in [1.807, 2.05) is 0 Å². The third-order valence-electron chi connectivity index (χ3n) is 10.9. The summed E-state index contributed by atoms with van der Waals surface area (Å²) in [5, 5.41) is 2.45.